The number of amides is 2. The quantitative estimate of drug-likeness (QED) is 0.888. The monoisotopic (exact) mass is 323 g/mol. The molecule has 0 spiro atoms. The third-order valence-electron chi connectivity index (χ3n) is 4.23. The topological polar surface area (TPSA) is 75.4 Å². The number of carbonyl (C=O) groups is 2. The first-order valence-corrected chi connectivity index (χ1v) is 8.14. The number of carbonyl (C=O) groups excluding carboxylic acids is 2. The number of hydrogen-bond donors (Lipinski definition) is 2. The van der Waals surface area contributed by atoms with Crippen LogP contribution in [0.1, 0.15) is 39.1 Å². The number of nitrogens with zero attached hydrogens (tertiary/aromatic N) is 1. The van der Waals surface area contributed by atoms with Gasteiger partial charge in [0.1, 0.15) is 0 Å². The van der Waals surface area contributed by atoms with Crippen LogP contribution >= 0.6 is 0 Å². The minimum absolute atomic E-state index is 0.204. The molecule has 3 N–H and O–H groups in total. The summed E-state index contributed by atoms with van der Waals surface area (Å²) in [5.41, 5.74) is 7.97. The molecule has 0 unspecified atom stereocenters. The zero-order chi connectivity index (χ0) is 16.9. The van der Waals surface area contributed by atoms with Crippen LogP contribution in [0, 0.1) is 0 Å². The van der Waals surface area contributed by atoms with Gasteiger partial charge in [-0.05, 0) is 61.8 Å². The Morgan fingerprint density at radius 1 is 1.00 bits per heavy atom. The van der Waals surface area contributed by atoms with Gasteiger partial charge in [0.25, 0.3) is 5.91 Å². The number of anilines is 1. The van der Waals surface area contributed by atoms with Crippen molar-refractivity contribution in [2.24, 2.45) is 5.73 Å². The van der Waals surface area contributed by atoms with E-state index in [9.17, 15) is 9.59 Å². The Hall–Kier alpha value is -2.66. The number of benzene rings is 2. The number of nitrogens with one attached hydrogen (secondary N) is 1. The largest absolute Gasteiger partial charge is 0.366 e. The Morgan fingerprint density at radius 2 is 1.71 bits per heavy atom. The van der Waals surface area contributed by atoms with Crippen LogP contribution in [0.3, 0.4) is 0 Å². The van der Waals surface area contributed by atoms with E-state index in [1.807, 2.05) is 24.3 Å². The number of hydrogen-bond acceptors (Lipinski definition) is 3. The minimum atomic E-state index is -0.516. The first-order valence-electron chi connectivity index (χ1n) is 8.14. The predicted molar refractivity (Wildman–Crippen MR) is 93.9 cm³/mol. The fourth-order valence-electron chi connectivity index (χ4n) is 2.91. The van der Waals surface area contributed by atoms with E-state index in [1.54, 1.807) is 24.3 Å². The van der Waals surface area contributed by atoms with E-state index in [0.717, 1.165) is 19.6 Å². The molecule has 1 heterocycles. The van der Waals surface area contributed by atoms with Crippen LogP contribution in [0.2, 0.25) is 0 Å². The van der Waals surface area contributed by atoms with E-state index in [-0.39, 0.29) is 5.91 Å². The summed E-state index contributed by atoms with van der Waals surface area (Å²) in [4.78, 5) is 25.9. The van der Waals surface area contributed by atoms with Crippen LogP contribution in [0.25, 0.3) is 0 Å². The molecule has 1 aliphatic heterocycles. The molecule has 2 aromatic carbocycles. The fourth-order valence-corrected chi connectivity index (χ4v) is 2.91. The minimum Gasteiger partial charge on any atom is -0.366 e. The normalized spacial score (nSPS) is 14.5. The average molecular weight is 323 g/mol. The first-order chi connectivity index (χ1) is 11.6. The first kappa shape index (κ1) is 16.2. The highest BCUT2D eigenvalue weighted by atomic mass is 16.2. The molecule has 5 heteroatoms. The van der Waals surface area contributed by atoms with Crippen LogP contribution in [0.4, 0.5) is 5.69 Å². The summed E-state index contributed by atoms with van der Waals surface area (Å²) in [5, 5.41) is 2.79. The van der Waals surface area contributed by atoms with Gasteiger partial charge in [0, 0.05) is 23.4 Å². The van der Waals surface area contributed by atoms with E-state index < -0.39 is 5.91 Å². The lowest BCUT2D eigenvalue weighted by molar-refractivity contribution is 0.0996. The Kier molecular flexibility index (Phi) is 4.91. The zero-order valence-corrected chi connectivity index (χ0v) is 13.5. The third kappa shape index (κ3) is 4.00. The highest BCUT2D eigenvalue weighted by Crippen LogP contribution is 2.15. The summed E-state index contributed by atoms with van der Waals surface area (Å²) in [7, 11) is 0. The van der Waals surface area contributed by atoms with Crippen LogP contribution in [-0.4, -0.2) is 29.8 Å². The van der Waals surface area contributed by atoms with Crippen molar-refractivity contribution in [2.45, 2.75) is 19.4 Å². The molecule has 0 aromatic heterocycles. The molecule has 24 heavy (non-hydrogen) atoms. The van der Waals surface area contributed by atoms with Gasteiger partial charge in [-0.1, -0.05) is 18.2 Å². The molecule has 1 aliphatic rings. The molecule has 1 fully saturated rings. The Morgan fingerprint density at radius 3 is 2.38 bits per heavy atom. The zero-order valence-electron chi connectivity index (χ0n) is 13.5. The molecule has 0 radical (unpaired) electrons. The van der Waals surface area contributed by atoms with Crippen molar-refractivity contribution in [3.63, 3.8) is 0 Å². The third-order valence-corrected chi connectivity index (χ3v) is 4.23. The molecule has 0 saturated carbocycles. The lowest BCUT2D eigenvalue weighted by atomic mass is 10.1. The van der Waals surface area contributed by atoms with E-state index in [4.69, 9.17) is 5.73 Å². The summed E-state index contributed by atoms with van der Waals surface area (Å²) in [6.45, 7) is 3.24. The van der Waals surface area contributed by atoms with E-state index in [1.165, 1.54) is 18.4 Å². The Labute approximate surface area is 141 Å². The highest BCUT2D eigenvalue weighted by Gasteiger charge is 2.12. The molecule has 2 amide bonds. The maximum absolute atomic E-state index is 12.3. The number of primary amides is 1. The molecule has 0 aliphatic carbocycles. The van der Waals surface area contributed by atoms with Gasteiger partial charge in [0.15, 0.2) is 0 Å². The summed E-state index contributed by atoms with van der Waals surface area (Å²) >= 11 is 0. The maximum Gasteiger partial charge on any atom is 0.255 e. The maximum atomic E-state index is 12.3. The molecule has 1 saturated heterocycles. The highest BCUT2D eigenvalue weighted by molar-refractivity contribution is 6.05. The number of likely N-dealkylation sites (tertiary alicyclic amines) is 1. The van der Waals surface area contributed by atoms with Gasteiger partial charge in [-0.2, -0.15) is 0 Å². The smallest absolute Gasteiger partial charge is 0.255 e. The van der Waals surface area contributed by atoms with Gasteiger partial charge in [0.05, 0.1) is 0 Å². The summed E-state index contributed by atoms with van der Waals surface area (Å²) in [6.07, 6.45) is 2.54. The summed E-state index contributed by atoms with van der Waals surface area (Å²) in [6, 6.07) is 14.3. The summed E-state index contributed by atoms with van der Waals surface area (Å²) in [5.74, 6) is -0.721. The van der Waals surface area contributed by atoms with Crippen molar-refractivity contribution >= 4 is 17.5 Å². The molecular weight excluding hydrogens is 302 g/mol. The van der Waals surface area contributed by atoms with Crippen molar-refractivity contribution < 1.29 is 9.59 Å². The van der Waals surface area contributed by atoms with Crippen molar-refractivity contribution in [1.82, 2.24) is 4.90 Å². The van der Waals surface area contributed by atoms with Gasteiger partial charge < -0.3 is 11.1 Å². The fraction of sp³-hybridized carbons (Fsp3) is 0.263. The van der Waals surface area contributed by atoms with Gasteiger partial charge in [-0.25, -0.2) is 0 Å². The molecule has 124 valence electrons. The van der Waals surface area contributed by atoms with Crippen LogP contribution < -0.4 is 11.1 Å². The molecule has 0 atom stereocenters. The number of rotatable bonds is 5. The lowest BCUT2D eigenvalue weighted by Crippen LogP contribution is -2.18. The van der Waals surface area contributed by atoms with E-state index in [2.05, 4.69) is 10.2 Å². The van der Waals surface area contributed by atoms with Gasteiger partial charge >= 0.3 is 0 Å². The van der Waals surface area contributed by atoms with Crippen molar-refractivity contribution in [3.05, 3.63) is 65.2 Å². The van der Waals surface area contributed by atoms with Gasteiger partial charge in [-0.15, -0.1) is 0 Å². The molecule has 2 aromatic rings. The second-order valence-electron chi connectivity index (χ2n) is 6.08. The van der Waals surface area contributed by atoms with Crippen molar-refractivity contribution in [3.8, 4) is 0 Å². The van der Waals surface area contributed by atoms with Gasteiger partial charge in [-0.3, -0.25) is 14.5 Å². The van der Waals surface area contributed by atoms with Gasteiger partial charge in [0.2, 0.25) is 5.91 Å². The van der Waals surface area contributed by atoms with Crippen molar-refractivity contribution in [1.29, 1.82) is 0 Å². The molecule has 5 nitrogen and oxygen atoms in total. The standard InChI is InChI=1S/C19H21N3O2/c20-18(23)16-4-3-5-17(12-16)21-19(24)15-8-6-14(7-9-15)13-22-10-1-2-11-22/h3-9,12H,1-2,10-11,13H2,(H2,20,23)(H,21,24). The van der Waals surface area contributed by atoms with Crippen molar-refractivity contribution in [2.75, 3.05) is 18.4 Å². The van der Waals surface area contributed by atoms with E-state index >= 15 is 0 Å². The molecule has 0 bridgehead atoms. The predicted octanol–water partition coefficient (Wildman–Crippen LogP) is 2.63. The molecule has 3 rings (SSSR count). The van der Waals surface area contributed by atoms with Crippen LogP contribution in [0.5, 0.6) is 0 Å². The summed E-state index contributed by atoms with van der Waals surface area (Å²) < 4.78 is 0. The van der Waals surface area contributed by atoms with Crippen LogP contribution in [-0.2, 0) is 6.54 Å². The lowest BCUT2D eigenvalue weighted by Gasteiger charge is -2.14. The Balaban J connectivity index is 1.64. The second kappa shape index (κ2) is 7.27. The Bertz CT molecular complexity index is 735. The second-order valence-corrected chi connectivity index (χ2v) is 6.08. The van der Waals surface area contributed by atoms with Crippen LogP contribution in [0.15, 0.2) is 48.5 Å². The SMILES string of the molecule is NC(=O)c1cccc(NC(=O)c2ccc(CN3CCCC3)cc2)c1. The molecular formula is C19H21N3O2. The van der Waals surface area contributed by atoms with E-state index in [0.29, 0.717) is 16.8 Å². The number of nitrogens with two attached hydrogens (primary N) is 1. The average Bonchev–Trinajstić information content (AvgIpc) is 3.08.